The van der Waals surface area contributed by atoms with Gasteiger partial charge in [0.25, 0.3) is 11.2 Å². The molecule has 0 fully saturated rings. The van der Waals surface area contributed by atoms with Gasteiger partial charge in [-0.1, -0.05) is 6.07 Å². The van der Waals surface area contributed by atoms with Crippen LogP contribution in [-0.4, -0.2) is 27.3 Å². The standard InChI is InChI=1S/C12H12N4O5/c1-3-21-12(18)14-15-7(2)13-8-5-4-6-9(16(19)20)10(8)11(15)17/h4-6H,3H2,1-2H3,(H,14,18). The van der Waals surface area contributed by atoms with Crippen LogP contribution in [0.25, 0.3) is 10.9 Å². The van der Waals surface area contributed by atoms with Gasteiger partial charge in [-0.3, -0.25) is 14.9 Å². The minimum Gasteiger partial charge on any atom is -0.449 e. The number of nitro benzene ring substituents is 1. The highest BCUT2D eigenvalue weighted by atomic mass is 16.6. The van der Waals surface area contributed by atoms with E-state index in [9.17, 15) is 19.7 Å². The van der Waals surface area contributed by atoms with Crippen LogP contribution in [0.2, 0.25) is 0 Å². The molecule has 0 atom stereocenters. The van der Waals surface area contributed by atoms with Crippen molar-refractivity contribution in [2.45, 2.75) is 13.8 Å². The molecule has 0 radical (unpaired) electrons. The van der Waals surface area contributed by atoms with Gasteiger partial charge in [0.1, 0.15) is 11.2 Å². The van der Waals surface area contributed by atoms with Crippen molar-refractivity contribution in [2.75, 3.05) is 12.0 Å². The van der Waals surface area contributed by atoms with Crippen LogP contribution in [-0.2, 0) is 4.74 Å². The van der Waals surface area contributed by atoms with Crippen LogP contribution in [0.4, 0.5) is 10.5 Å². The molecule has 0 spiro atoms. The number of carbonyl (C=O) groups excluding carboxylic acids is 1. The summed E-state index contributed by atoms with van der Waals surface area (Å²) in [6, 6.07) is 4.14. The monoisotopic (exact) mass is 292 g/mol. The van der Waals surface area contributed by atoms with Gasteiger partial charge in [0.2, 0.25) is 0 Å². The van der Waals surface area contributed by atoms with Crippen molar-refractivity contribution in [2.24, 2.45) is 0 Å². The molecule has 0 unspecified atom stereocenters. The predicted molar refractivity (Wildman–Crippen MR) is 73.8 cm³/mol. The van der Waals surface area contributed by atoms with Crippen LogP contribution in [0, 0.1) is 17.0 Å². The molecule has 1 N–H and O–H groups in total. The average molecular weight is 292 g/mol. The Hall–Kier alpha value is -2.97. The Morgan fingerprint density at radius 2 is 2.24 bits per heavy atom. The van der Waals surface area contributed by atoms with E-state index in [0.29, 0.717) is 0 Å². The molecule has 1 heterocycles. The Morgan fingerprint density at radius 3 is 2.86 bits per heavy atom. The minimum absolute atomic E-state index is 0.126. The number of nitrogens with zero attached hydrogens (tertiary/aromatic N) is 3. The van der Waals surface area contributed by atoms with Crippen molar-refractivity contribution in [3.8, 4) is 0 Å². The maximum Gasteiger partial charge on any atom is 0.426 e. The van der Waals surface area contributed by atoms with Gasteiger partial charge in [-0.25, -0.2) is 15.2 Å². The highest BCUT2D eigenvalue weighted by molar-refractivity contribution is 5.87. The topological polar surface area (TPSA) is 116 Å². The highest BCUT2D eigenvalue weighted by Gasteiger charge is 2.19. The summed E-state index contributed by atoms with van der Waals surface area (Å²) in [6.45, 7) is 3.23. The first-order chi connectivity index (χ1) is 9.95. The Labute approximate surface area is 118 Å². The van der Waals surface area contributed by atoms with Gasteiger partial charge in [0.15, 0.2) is 0 Å². The maximum atomic E-state index is 12.4. The fourth-order valence-corrected chi connectivity index (χ4v) is 1.86. The van der Waals surface area contributed by atoms with E-state index in [0.717, 1.165) is 4.68 Å². The van der Waals surface area contributed by atoms with Crippen LogP contribution in [0.3, 0.4) is 0 Å². The molecule has 1 amide bonds. The quantitative estimate of drug-likeness (QED) is 0.673. The third-order valence-corrected chi connectivity index (χ3v) is 2.72. The normalized spacial score (nSPS) is 10.4. The number of nitrogens with one attached hydrogen (secondary N) is 1. The Bertz CT molecular complexity index is 783. The van der Waals surface area contributed by atoms with Crippen molar-refractivity contribution in [3.05, 3.63) is 44.5 Å². The van der Waals surface area contributed by atoms with Crippen molar-refractivity contribution < 1.29 is 14.5 Å². The van der Waals surface area contributed by atoms with E-state index in [1.165, 1.54) is 25.1 Å². The second-order valence-corrected chi connectivity index (χ2v) is 4.06. The predicted octanol–water partition coefficient (Wildman–Crippen LogP) is 1.31. The molecular weight excluding hydrogens is 280 g/mol. The molecule has 0 aliphatic rings. The molecule has 2 rings (SSSR count). The average Bonchev–Trinajstić information content (AvgIpc) is 2.42. The number of carbonyl (C=O) groups is 1. The number of rotatable bonds is 3. The number of aromatic nitrogens is 2. The first-order valence-corrected chi connectivity index (χ1v) is 6.06. The van der Waals surface area contributed by atoms with E-state index in [4.69, 9.17) is 0 Å². The molecule has 0 saturated carbocycles. The molecular formula is C12H12N4O5. The number of non-ortho nitro benzene ring substituents is 1. The number of hydrogen-bond acceptors (Lipinski definition) is 6. The van der Waals surface area contributed by atoms with Gasteiger partial charge in [0.05, 0.1) is 17.0 Å². The van der Waals surface area contributed by atoms with Crippen molar-refractivity contribution in [3.63, 3.8) is 0 Å². The third-order valence-electron chi connectivity index (χ3n) is 2.72. The van der Waals surface area contributed by atoms with E-state index in [1.807, 2.05) is 0 Å². The molecule has 0 bridgehead atoms. The Morgan fingerprint density at radius 1 is 1.52 bits per heavy atom. The zero-order valence-corrected chi connectivity index (χ0v) is 11.3. The second kappa shape index (κ2) is 5.57. The number of nitro groups is 1. The second-order valence-electron chi connectivity index (χ2n) is 4.06. The van der Waals surface area contributed by atoms with Crippen LogP contribution in [0.15, 0.2) is 23.0 Å². The third kappa shape index (κ3) is 2.66. The van der Waals surface area contributed by atoms with Crippen molar-refractivity contribution in [1.82, 2.24) is 9.66 Å². The van der Waals surface area contributed by atoms with Crippen molar-refractivity contribution >= 4 is 22.7 Å². The zero-order valence-electron chi connectivity index (χ0n) is 11.3. The smallest absolute Gasteiger partial charge is 0.426 e. The summed E-state index contributed by atoms with van der Waals surface area (Å²) in [5, 5.41) is 10.8. The molecule has 110 valence electrons. The molecule has 1 aromatic carbocycles. The van der Waals surface area contributed by atoms with E-state index in [1.54, 1.807) is 6.92 Å². The van der Waals surface area contributed by atoms with Gasteiger partial charge in [-0.05, 0) is 19.9 Å². The fraction of sp³-hybridized carbons (Fsp3) is 0.250. The highest BCUT2D eigenvalue weighted by Crippen LogP contribution is 2.20. The molecule has 0 aliphatic heterocycles. The lowest BCUT2D eigenvalue weighted by atomic mass is 10.2. The van der Waals surface area contributed by atoms with E-state index in [-0.39, 0.29) is 29.0 Å². The maximum absolute atomic E-state index is 12.4. The Kier molecular flexibility index (Phi) is 3.83. The summed E-state index contributed by atoms with van der Waals surface area (Å²) in [5.74, 6) is 0.182. The lowest BCUT2D eigenvalue weighted by Gasteiger charge is -2.11. The Balaban J connectivity index is 2.68. The largest absolute Gasteiger partial charge is 0.449 e. The van der Waals surface area contributed by atoms with Gasteiger partial charge < -0.3 is 4.74 Å². The number of benzene rings is 1. The number of amides is 1. The molecule has 9 heteroatoms. The van der Waals surface area contributed by atoms with E-state index >= 15 is 0 Å². The first-order valence-electron chi connectivity index (χ1n) is 6.06. The molecule has 0 aliphatic carbocycles. The summed E-state index contributed by atoms with van der Waals surface area (Å²) in [7, 11) is 0. The molecule has 0 saturated heterocycles. The van der Waals surface area contributed by atoms with Gasteiger partial charge in [-0.15, -0.1) is 0 Å². The summed E-state index contributed by atoms with van der Waals surface area (Å²) in [4.78, 5) is 38.2. The molecule has 2 aromatic rings. The van der Waals surface area contributed by atoms with E-state index in [2.05, 4.69) is 15.1 Å². The van der Waals surface area contributed by atoms with Crippen LogP contribution in [0.5, 0.6) is 0 Å². The molecule has 9 nitrogen and oxygen atoms in total. The summed E-state index contributed by atoms with van der Waals surface area (Å²) >= 11 is 0. The van der Waals surface area contributed by atoms with Crippen LogP contribution in [0.1, 0.15) is 12.7 Å². The van der Waals surface area contributed by atoms with Crippen LogP contribution < -0.4 is 11.0 Å². The van der Waals surface area contributed by atoms with Gasteiger partial charge in [-0.2, -0.15) is 4.68 Å². The molecule has 21 heavy (non-hydrogen) atoms. The SMILES string of the molecule is CCOC(=O)Nn1c(C)nc2cccc([N+](=O)[O-])c2c1=O. The summed E-state index contributed by atoms with van der Waals surface area (Å²) in [6.07, 6.45) is -0.845. The number of fused-ring (bicyclic) bond motifs is 1. The summed E-state index contributed by atoms with van der Waals surface area (Å²) < 4.78 is 5.50. The lowest BCUT2D eigenvalue weighted by Crippen LogP contribution is -2.36. The molecule has 1 aromatic heterocycles. The van der Waals surface area contributed by atoms with Crippen molar-refractivity contribution in [1.29, 1.82) is 0 Å². The van der Waals surface area contributed by atoms with Gasteiger partial charge in [0, 0.05) is 6.07 Å². The first kappa shape index (κ1) is 14.4. The minimum atomic E-state index is -0.845. The number of aryl methyl sites for hydroxylation is 1. The van der Waals surface area contributed by atoms with Gasteiger partial charge >= 0.3 is 6.09 Å². The fourth-order valence-electron chi connectivity index (χ4n) is 1.86. The number of hydrogen-bond donors (Lipinski definition) is 1. The lowest BCUT2D eigenvalue weighted by molar-refractivity contribution is -0.383. The van der Waals surface area contributed by atoms with E-state index < -0.39 is 16.6 Å². The number of ether oxygens (including phenoxy) is 1. The summed E-state index contributed by atoms with van der Waals surface area (Å²) in [5.41, 5.74) is 1.28. The van der Waals surface area contributed by atoms with Crippen LogP contribution >= 0.6 is 0 Å². The zero-order chi connectivity index (χ0) is 15.6.